The first-order valence-electron chi connectivity index (χ1n) is 11.4. The monoisotopic (exact) mass is 441 g/mol. The molecule has 2 aromatic rings. The van der Waals surface area contributed by atoms with Gasteiger partial charge < -0.3 is 14.2 Å². The van der Waals surface area contributed by atoms with E-state index in [-0.39, 0.29) is 23.8 Å². The molecule has 4 rings (SSSR count). The summed E-state index contributed by atoms with van der Waals surface area (Å²) in [5, 5.41) is 3.89. The van der Waals surface area contributed by atoms with E-state index in [1.165, 1.54) is 0 Å². The van der Waals surface area contributed by atoms with Crippen LogP contribution in [-0.2, 0) is 22.4 Å². The number of rotatable bonds is 6. The average Bonchev–Trinajstić information content (AvgIpc) is 3.21. The zero-order chi connectivity index (χ0) is 22.8. The van der Waals surface area contributed by atoms with Gasteiger partial charge in [0, 0.05) is 62.6 Å². The van der Waals surface area contributed by atoms with Crippen LogP contribution in [-0.4, -0.2) is 58.1 Å². The van der Waals surface area contributed by atoms with Crippen LogP contribution in [0, 0.1) is 6.92 Å². The molecule has 32 heavy (non-hydrogen) atoms. The number of aryl methyl sites for hydroxylation is 2. The number of aromatic nitrogens is 3. The number of nitrogens with zero attached hydrogens (tertiary/aromatic N) is 5. The maximum atomic E-state index is 12.9. The number of amides is 2. The molecule has 0 radical (unpaired) electrons. The van der Waals surface area contributed by atoms with Crippen LogP contribution in [0.4, 0.5) is 5.82 Å². The second-order valence-corrected chi connectivity index (χ2v) is 8.90. The van der Waals surface area contributed by atoms with Gasteiger partial charge in [-0.15, -0.1) is 0 Å². The summed E-state index contributed by atoms with van der Waals surface area (Å²) < 4.78 is 10.8. The number of carbonyl (C=O) groups excluding carboxylic acids is 2. The van der Waals surface area contributed by atoms with Crippen molar-refractivity contribution in [2.24, 2.45) is 0 Å². The van der Waals surface area contributed by atoms with Crippen molar-refractivity contribution in [2.45, 2.75) is 71.3 Å². The normalized spacial score (nSPS) is 18.8. The number of likely N-dealkylation sites (tertiary alicyclic amines) is 1. The van der Waals surface area contributed by atoms with Gasteiger partial charge in [0.1, 0.15) is 17.4 Å². The molecule has 2 aliphatic heterocycles. The largest absolute Gasteiger partial charge is 0.473 e. The summed E-state index contributed by atoms with van der Waals surface area (Å²) in [5.74, 6) is 2.77. The lowest BCUT2D eigenvalue weighted by atomic mass is 9.95. The molecule has 4 heterocycles. The molecule has 0 aliphatic carbocycles. The molecule has 1 fully saturated rings. The molecule has 2 amide bonds. The molecular formula is C23H31N5O4. The van der Waals surface area contributed by atoms with Gasteiger partial charge in [-0.25, -0.2) is 9.97 Å². The average molecular weight is 442 g/mol. The molecule has 0 spiro atoms. The fourth-order valence-corrected chi connectivity index (χ4v) is 4.38. The highest BCUT2D eigenvalue weighted by Gasteiger charge is 2.30. The minimum atomic E-state index is 0.0206. The zero-order valence-corrected chi connectivity index (χ0v) is 19.3. The molecular weight excluding hydrogens is 410 g/mol. The van der Waals surface area contributed by atoms with Gasteiger partial charge in [0.25, 0.3) is 5.88 Å². The van der Waals surface area contributed by atoms with Gasteiger partial charge in [-0.1, -0.05) is 0 Å². The summed E-state index contributed by atoms with van der Waals surface area (Å²) >= 11 is 0. The molecule has 1 saturated heterocycles. The van der Waals surface area contributed by atoms with E-state index in [1.54, 1.807) is 18.0 Å². The minimum Gasteiger partial charge on any atom is -0.473 e. The molecule has 9 nitrogen and oxygen atoms in total. The fourth-order valence-electron chi connectivity index (χ4n) is 4.38. The van der Waals surface area contributed by atoms with Crippen molar-refractivity contribution in [1.29, 1.82) is 0 Å². The molecule has 0 bridgehead atoms. The number of hydrogen-bond acceptors (Lipinski definition) is 7. The third-order valence-electron chi connectivity index (χ3n) is 6.11. The Bertz CT molecular complexity index is 1000. The molecule has 1 atom stereocenters. The van der Waals surface area contributed by atoms with Crippen molar-refractivity contribution in [3.8, 4) is 5.88 Å². The van der Waals surface area contributed by atoms with Gasteiger partial charge in [0.05, 0.1) is 6.10 Å². The third-order valence-corrected chi connectivity index (χ3v) is 6.11. The first-order valence-corrected chi connectivity index (χ1v) is 11.4. The van der Waals surface area contributed by atoms with Crippen LogP contribution in [0.2, 0.25) is 0 Å². The lowest BCUT2D eigenvalue weighted by Gasteiger charge is -2.33. The Hall–Kier alpha value is -2.97. The van der Waals surface area contributed by atoms with Crippen LogP contribution in [0.1, 0.15) is 68.3 Å². The van der Waals surface area contributed by atoms with E-state index in [0.717, 1.165) is 42.3 Å². The predicted octanol–water partition coefficient (Wildman–Crippen LogP) is 2.81. The van der Waals surface area contributed by atoms with Crippen LogP contribution in [0.3, 0.4) is 0 Å². The lowest BCUT2D eigenvalue weighted by molar-refractivity contribution is -0.132. The van der Waals surface area contributed by atoms with Gasteiger partial charge >= 0.3 is 0 Å². The summed E-state index contributed by atoms with van der Waals surface area (Å²) in [7, 11) is 1.77. The number of carbonyl (C=O) groups is 2. The van der Waals surface area contributed by atoms with Crippen LogP contribution >= 0.6 is 0 Å². The molecule has 0 unspecified atom stereocenters. The van der Waals surface area contributed by atoms with E-state index in [9.17, 15) is 9.59 Å². The van der Waals surface area contributed by atoms with Gasteiger partial charge in [0.15, 0.2) is 0 Å². The van der Waals surface area contributed by atoms with E-state index >= 15 is 0 Å². The smallest absolute Gasteiger partial charge is 0.254 e. The van der Waals surface area contributed by atoms with E-state index in [0.29, 0.717) is 43.9 Å². The highest BCUT2D eigenvalue weighted by molar-refractivity contribution is 5.94. The van der Waals surface area contributed by atoms with Crippen molar-refractivity contribution in [3.63, 3.8) is 0 Å². The van der Waals surface area contributed by atoms with Gasteiger partial charge in [-0.2, -0.15) is 0 Å². The predicted molar refractivity (Wildman–Crippen MR) is 118 cm³/mol. The Morgan fingerprint density at radius 2 is 2.12 bits per heavy atom. The SMILES string of the molecule is Cc1nc([C@@H]2CCCN(C(=O)CCc3cc(OC(C)C)no3)C2)nc2c1CCC(=O)N2C. The van der Waals surface area contributed by atoms with Gasteiger partial charge in [0.2, 0.25) is 11.8 Å². The van der Waals surface area contributed by atoms with Crippen LogP contribution in [0.25, 0.3) is 0 Å². The molecule has 2 aliphatic rings. The number of ether oxygens (including phenoxy) is 1. The Balaban J connectivity index is 1.40. The first-order chi connectivity index (χ1) is 15.3. The number of anilines is 1. The summed E-state index contributed by atoms with van der Waals surface area (Å²) in [6, 6.07) is 1.74. The lowest BCUT2D eigenvalue weighted by Crippen LogP contribution is -2.40. The zero-order valence-electron chi connectivity index (χ0n) is 19.3. The maximum Gasteiger partial charge on any atom is 0.254 e. The summed E-state index contributed by atoms with van der Waals surface area (Å²) in [4.78, 5) is 38.0. The van der Waals surface area contributed by atoms with Crippen molar-refractivity contribution in [2.75, 3.05) is 25.0 Å². The minimum absolute atomic E-state index is 0.0206. The Labute approximate surface area is 188 Å². The Morgan fingerprint density at radius 3 is 2.91 bits per heavy atom. The Morgan fingerprint density at radius 1 is 1.31 bits per heavy atom. The molecule has 0 aromatic carbocycles. The van der Waals surface area contributed by atoms with Crippen molar-refractivity contribution >= 4 is 17.6 Å². The van der Waals surface area contributed by atoms with Crippen LogP contribution < -0.4 is 9.64 Å². The first kappa shape index (κ1) is 22.2. The third kappa shape index (κ3) is 4.76. The standard InChI is InChI=1S/C23H31N5O4/c1-14(2)31-19-12-17(32-26-19)7-9-21(30)28-11-5-6-16(13-28)22-24-15(3)18-8-10-20(29)27(4)23(18)25-22/h12,14,16H,5-11,13H2,1-4H3/t16-/m1/s1. The summed E-state index contributed by atoms with van der Waals surface area (Å²) in [6.45, 7) is 7.15. The molecule has 0 saturated carbocycles. The number of piperidine rings is 1. The fraction of sp³-hybridized carbons (Fsp3) is 0.609. The quantitative estimate of drug-likeness (QED) is 0.679. The Kier molecular flexibility index (Phi) is 6.43. The van der Waals surface area contributed by atoms with E-state index in [1.807, 2.05) is 25.7 Å². The molecule has 0 N–H and O–H groups in total. The molecule has 172 valence electrons. The summed E-state index contributed by atoms with van der Waals surface area (Å²) in [5.41, 5.74) is 1.98. The molecule has 2 aromatic heterocycles. The second-order valence-electron chi connectivity index (χ2n) is 8.90. The van der Waals surface area contributed by atoms with Gasteiger partial charge in [-0.3, -0.25) is 14.5 Å². The van der Waals surface area contributed by atoms with E-state index < -0.39 is 0 Å². The van der Waals surface area contributed by atoms with E-state index in [4.69, 9.17) is 19.2 Å². The van der Waals surface area contributed by atoms with Crippen molar-refractivity contribution in [3.05, 3.63) is 28.9 Å². The highest BCUT2D eigenvalue weighted by Crippen LogP contribution is 2.31. The number of hydrogen-bond donors (Lipinski definition) is 0. The van der Waals surface area contributed by atoms with E-state index in [2.05, 4.69) is 5.16 Å². The van der Waals surface area contributed by atoms with Crippen LogP contribution in [0.5, 0.6) is 5.88 Å². The second kappa shape index (κ2) is 9.26. The summed E-state index contributed by atoms with van der Waals surface area (Å²) in [6.07, 6.45) is 3.87. The van der Waals surface area contributed by atoms with Crippen molar-refractivity contribution in [1.82, 2.24) is 20.0 Å². The van der Waals surface area contributed by atoms with Crippen molar-refractivity contribution < 1.29 is 18.8 Å². The maximum absolute atomic E-state index is 12.9. The van der Waals surface area contributed by atoms with Gasteiger partial charge in [-0.05, 0) is 45.2 Å². The number of fused-ring (bicyclic) bond motifs is 1. The highest BCUT2D eigenvalue weighted by atomic mass is 16.5. The molecule has 9 heteroatoms. The van der Waals surface area contributed by atoms with Crippen LogP contribution in [0.15, 0.2) is 10.6 Å². The topological polar surface area (TPSA) is 102 Å².